The first kappa shape index (κ1) is 13.7. The van der Waals surface area contributed by atoms with Crippen molar-refractivity contribution in [1.82, 2.24) is 4.98 Å². The number of oxazole rings is 1. The first-order chi connectivity index (χ1) is 8.24. The highest BCUT2D eigenvalue weighted by Gasteiger charge is 2.09. The quantitative estimate of drug-likeness (QED) is 0.668. The molecular formula is C13H21NO3. The first-order valence-electron chi connectivity index (χ1n) is 6.41. The van der Waals surface area contributed by atoms with Crippen LogP contribution < -0.4 is 0 Å². The van der Waals surface area contributed by atoms with Crippen LogP contribution in [0.4, 0.5) is 0 Å². The van der Waals surface area contributed by atoms with E-state index in [0.717, 1.165) is 19.3 Å². The molecule has 0 bridgehead atoms. The molecule has 0 amide bonds. The monoisotopic (exact) mass is 239 g/mol. The summed E-state index contributed by atoms with van der Waals surface area (Å²) in [6.07, 6.45) is 10.6. The van der Waals surface area contributed by atoms with E-state index in [1.54, 1.807) is 0 Å². The molecule has 0 unspecified atom stereocenters. The number of hydrogen-bond acceptors (Lipinski definition) is 3. The number of aryl methyl sites for hydroxylation is 1. The van der Waals surface area contributed by atoms with Crippen molar-refractivity contribution in [2.24, 2.45) is 0 Å². The third-order valence-corrected chi connectivity index (χ3v) is 2.77. The maximum absolute atomic E-state index is 10.6. The zero-order valence-electron chi connectivity index (χ0n) is 10.4. The largest absolute Gasteiger partial charge is 0.476 e. The minimum atomic E-state index is -1.03. The van der Waals surface area contributed by atoms with Gasteiger partial charge in [-0.15, -0.1) is 0 Å². The van der Waals surface area contributed by atoms with E-state index >= 15 is 0 Å². The predicted molar refractivity (Wildman–Crippen MR) is 65.2 cm³/mol. The molecule has 1 rings (SSSR count). The summed E-state index contributed by atoms with van der Waals surface area (Å²) in [6.45, 7) is 2.21. The second-order valence-corrected chi connectivity index (χ2v) is 4.30. The van der Waals surface area contributed by atoms with Gasteiger partial charge in [-0.05, 0) is 6.42 Å². The fraction of sp³-hybridized carbons (Fsp3) is 0.692. The maximum Gasteiger partial charge on any atom is 0.357 e. The van der Waals surface area contributed by atoms with Gasteiger partial charge in [-0.25, -0.2) is 9.78 Å². The van der Waals surface area contributed by atoms with Crippen molar-refractivity contribution in [3.05, 3.63) is 17.8 Å². The van der Waals surface area contributed by atoms with Crippen molar-refractivity contribution in [2.75, 3.05) is 0 Å². The number of carboxylic acid groups (broad SMARTS) is 1. The van der Waals surface area contributed by atoms with E-state index in [1.807, 2.05) is 0 Å². The van der Waals surface area contributed by atoms with Crippen LogP contribution in [0.1, 0.15) is 68.2 Å². The first-order valence-corrected chi connectivity index (χ1v) is 6.41. The molecule has 0 aromatic carbocycles. The third kappa shape index (κ3) is 5.52. The van der Waals surface area contributed by atoms with Crippen LogP contribution in [-0.2, 0) is 6.42 Å². The summed E-state index contributed by atoms with van der Waals surface area (Å²) in [5, 5.41) is 8.67. The van der Waals surface area contributed by atoms with Crippen LogP contribution >= 0.6 is 0 Å². The molecule has 0 spiro atoms. The Morgan fingerprint density at radius 3 is 2.47 bits per heavy atom. The lowest BCUT2D eigenvalue weighted by Gasteiger charge is -1.99. The topological polar surface area (TPSA) is 63.3 Å². The van der Waals surface area contributed by atoms with Gasteiger partial charge in [0.2, 0.25) is 0 Å². The smallest absolute Gasteiger partial charge is 0.357 e. The molecule has 4 heteroatoms. The van der Waals surface area contributed by atoms with Crippen LogP contribution in [0, 0.1) is 0 Å². The Kier molecular flexibility index (Phi) is 6.37. The SMILES string of the molecule is CCCCCCCCCc1nc(C(=O)O)co1. The highest BCUT2D eigenvalue weighted by Crippen LogP contribution is 2.10. The van der Waals surface area contributed by atoms with Crippen LogP contribution in [0.15, 0.2) is 10.7 Å². The van der Waals surface area contributed by atoms with Crippen LogP contribution in [0.2, 0.25) is 0 Å². The Hall–Kier alpha value is -1.32. The number of carbonyl (C=O) groups is 1. The lowest BCUT2D eigenvalue weighted by molar-refractivity contribution is 0.0690. The number of carboxylic acids is 1. The van der Waals surface area contributed by atoms with Gasteiger partial charge in [-0.1, -0.05) is 45.4 Å². The van der Waals surface area contributed by atoms with E-state index in [4.69, 9.17) is 9.52 Å². The molecule has 0 saturated heterocycles. The van der Waals surface area contributed by atoms with Crippen molar-refractivity contribution in [1.29, 1.82) is 0 Å². The molecule has 1 aromatic heterocycles. The summed E-state index contributed by atoms with van der Waals surface area (Å²) >= 11 is 0. The number of aromatic nitrogens is 1. The Balaban J connectivity index is 2.07. The number of unbranched alkanes of at least 4 members (excludes halogenated alkanes) is 6. The number of rotatable bonds is 9. The molecule has 0 atom stereocenters. The van der Waals surface area contributed by atoms with E-state index < -0.39 is 5.97 Å². The van der Waals surface area contributed by atoms with Gasteiger partial charge < -0.3 is 9.52 Å². The summed E-state index contributed by atoms with van der Waals surface area (Å²) in [5.74, 6) is -0.490. The fourth-order valence-electron chi connectivity index (χ4n) is 1.76. The van der Waals surface area contributed by atoms with Gasteiger partial charge in [-0.2, -0.15) is 0 Å². The summed E-state index contributed by atoms with van der Waals surface area (Å²) in [5.41, 5.74) is 0.00273. The average Bonchev–Trinajstić information content (AvgIpc) is 2.77. The second kappa shape index (κ2) is 7.87. The molecule has 1 aromatic rings. The maximum atomic E-state index is 10.6. The van der Waals surface area contributed by atoms with E-state index in [9.17, 15) is 4.79 Å². The van der Waals surface area contributed by atoms with Crippen LogP contribution in [-0.4, -0.2) is 16.1 Å². The van der Waals surface area contributed by atoms with Gasteiger partial charge in [0.1, 0.15) is 6.26 Å². The highest BCUT2D eigenvalue weighted by molar-refractivity contribution is 5.84. The summed E-state index contributed by atoms with van der Waals surface area (Å²) in [4.78, 5) is 14.5. The molecule has 0 aliphatic carbocycles. The van der Waals surface area contributed by atoms with Crippen molar-refractivity contribution < 1.29 is 14.3 Å². The Morgan fingerprint density at radius 1 is 1.24 bits per heavy atom. The van der Waals surface area contributed by atoms with Crippen molar-refractivity contribution in [2.45, 2.75) is 58.3 Å². The molecular weight excluding hydrogens is 218 g/mol. The molecule has 0 fully saturated rings. The van der Waals surface area contributed by atoms with Gasteiger partial charge in [0, 0.05) is 6.42 Å². The average molecular weight is 239 g/mol. The lowest BCUT2D eigenvalue weighted by atomic mass is 10.1. The zero-order chi connectivity index (χ0) is 12.5. The van der Waals surface area contributed by atoms with Crippen LogP contribution in [0.25, 0.3) is 0 Å². The minimum Gasteiger partial charge on any atom is -0.476 e. The molecule has 17 heavy (non-hydrogen) atoms. The summed E-state index contributed by atoms with van der Waals surface area (Å²) in [7, 11) is 0. The molecule has 0 radical (unpaired) electrons. The highest BCUT2D eigenvalue weighted by atomic mass is 16.4. The molecule has 0 aliphatic rings. The number of hydrogen-bond donors (Lipinski definition) is 1. The second-order valence-electron chi connectivity index (χ2n) is 4.30. The van der Waals surface area contributed by atoms with Gasteiger partial charge in [0.15, 0.2) is 11.6 Å². The van der Waals surface area contributed by atoms with Crippen molar-refractivity contribution in [3.8, 4) is 0 Å². The standard InChI is InChI=1S/C13H21NO3/c1-2-3-4-5-6-7-8-9-12-14-11(10-17-12)13(15)16/h10H,2-9H2,1H3,(H,15,16). The molecule has 96 valence electrons. The van der Waals surface area contributed by atoms with Gasteiger partial charge in [0.05, 0.1) is 0 Å². The molecule has 4 nitrogen and oxygen atoms in total. The number of nitrogens with zero attached hydrogens (tertiary/aromatic N) is 1. The van der Waals surface area contributed by atoms with Crippen molar-refractivity contribution in [3.63, 3.8) is 0 Å². The minimum absolute atomic E-state index is 0.00273. The van der Waals surface area contributed by atoms with Crippen LogP contribution in [0.3, 0.4) is 0 Å². The normalized spacial score (nSPS) is 10.6. The molecule has 0 aliphatic heterocycles. The fourth-order valence-corrected chi connectivity index (χ4v) is 1.76. The van der Waals surface area contributed by atoms with Gasteiger partial charge in [-0.3, -0.25) is 0 Å². The zero-order valence-corrected chi connectivity index (χ0v) is 10.4. The van der Waals surface area contributed by atoms with Crippen molar-refractivity contribution >= 4 is 5.97 Å². The molecule has 1 heterocycles. The number of aromatic carboxylic acids is 1. The van der Waals surface area contributed by atoms with Gasteiger partial charge >= 0.3 is 5.97 Å². The van der Waals surface area contributed by atoms with Crippen LogP contribution in [0.5, 0.6) is 0 Å². The van der Waals surface area contributed by atoms with E-state index in [2.05, 4.69) is 11.9 Å². The Morgan fingerprint density at radius 2 is 1.88 bits per heavy atom. The predicted octanol–water partition coefficient (Wildman–Crippen LogP) is 3.67. The molecule has 1 N–H and O–H groups in total. The summed E-state index contributed by atoms with van der Waals surface area (Å²) < 4.78 is 5.08. The Labute approximate surface area is 102 Å². The lowest BCUT2D eigenvalue weighted by Crippen LogP contribution is -1.96. The van der Waals surface area contributed by atoms with E-state index in [-0.39, 0.29) is 5.69 Å². The third-order valence-electron chi connectivity index (χ3n) is 2.77. The Bertz CT molecular complexity index is 333. The summed E-state index contributed by atoms with van der Waals surface area (Å²) in [6, 6.07) is 0. The van der Waals surface area contributed by atoms with Gasteiger partial charge in [0.25, 0.3) is 0 Å². The molecule has 0 saturated carbocycles. The van der Waals surface area contributed by atoms with E-state index in [0.29, 0.717) is 5.89 Å². The van der Waals surface area contributed by atoms with E-state index in [1.165, 1.54) is 38.4 Å².